The van der Waals surface area contributed by atoms with Crippen molar-refractivity contribution < 1.29 is 0 Å². The molecular formula is C63H39N5. The lowest BCUT2D eigenvalue weighted by atomic mass is 9.91. The van der Waals surface area contributed by atoms with Crippen molar-refractivity contribution in [2.45, 2.75) is 0 Å². The zero-order valence-electron chi connectivity index (χ0n) is 36.8. The Balaban J connectivity index is 1.04. The van der Waals surface area contributed by atoms with Crippen LogP contribution in [0.25, 0.3) is 133 Å². The van der Waals surface area contributed by atoms with E-state index in [4.69, 9.17) is 15.0 Å². The lowest BCUT2D eigenvalue weighted by Gasteiger charge is -2.18. The lowest BCUT2D eigenvalue weighted by molar-refractivity contribution is 1.07. The highest BCUT2D eigenvalue weighted by Gasteiger charge is 2.22. The molecule has 0 radical (unpaired) electrons. The van der Waals surface area contributed by atoms with Gasteiger partial charge in [-0.2, -0.15) is 0 Å². The number of hydrogen-bond donors (Lipinski definition) is 0. The Morgan fingerprint density at radius 1 is 0.235 bits per heavy atom. The van der Waals surface area contributed by atoms with Gasteiger partial charge in [-0.3, -0.25) is 0 Å². The Labute approximate surface area is 391 Å². The summed E-state index contributed by atoms with van der Waals surface area (Å²) in [6.45, 7) is 0. The zero-order valence-corrected chi connectivity index (χ0v) is 36.8. The predicted molar refractivity (Wildman–Crippen MR) is 283 cm³/mol. The number of aromatic nitrogens is 5. The van der Waals surface area contributed by atoms with Crippen LogP contribution >= 0.6 is 0 Å². The van der Waals surface area contributed by atoms with Crippen LogP contribution in [0.3, 0.4) is 0 Å². The molecule has 0 aliphatic carbocycles. The Hall–Kier alpha value is -9.19. The van der Waals surface area contributed by atoms with Crippen molar-refractivity contribution in [3.05, 3.63) is 237 Å². The molecule has 5 nitrogen and oxygen atoms in total. The number of para-hydroxylation sites is 3. The molecule has 0 N–H and O–H groups in total. The third kappa shape index (κ3) is 5.93. The van der Waals surface area contributed by atoms with Gasteiger partial charge in [0.1, 0.15) is 0 Å². The fraction of sp³-hybridized carbons (Fsp3) is 0. The fourth-order valence-electron chi connectivity index (χ4n) is 10.7. The fourth-order valence-corrected chi connectivity index (χ4v) is 10.7. The first-order chi connectivity index (χ1) is 33.7. The highest BCUT2D eigenvalue weighted by Crippen LogP contribution is 2.44. The van der Waals surface area contributed by atoms with Crippen molar-refractivity contribution in [3.63, 3.8) is 0 Å². The first kappa shape index (κ1) is 38.1. The maximum atomic E-state index is 5.27. The summed E-state index contributed by atoms with van der Waals surface area (Å²) in [7, 11) is 0. The molecule has 0 bridgehead atoms. The van der Waals surface area contributed by atoms with Gasteiger partial charge in [0.25, 0.3) is 0 Å². The topological polar surface area (TPSA) is 48.5 Å². The maximum absolute atomic E-state index is 5.27. The molecule has 0 aliphatic heterocycles. The normalized spacial score (nSPS) is 11.8. The Kier molecular flexibility index (Phi) is 8.52. The van der Waals surface area contributed by atoms with E-state index in [1.807, 2.05) is 36.4 Å². The molecule has 14 rings (SSSR count). The molecule has 5 heteroatoms. The van der Waals surface area contributed by atoms with E-state index in [1.54, 1.807) is 0 Å². The Bertz CT molecular complexity index is 4250. The van der Waals surface area contributed by atoms with Crippen molar-refractivity contribution >= 4 is 75.9 Å². The van der Waals surface area contributed by atoms with E-state index >= 15 is 0 Å². The first-order valence-electron chi connectivity index (χ1n) is 23.1. The van der Waals surface area contributed by atoms with Crippen LogP contribution in [0.15, 0.2) is 237 Å². The van der Waals surface area contributed by atoms with E-state index < -0.39 is 0 Å². The number of fused-ring (bicyclic) bond motifs is 12. The molecule has 0 unspecified atom stereocenters. The Morgan fingerprint density at radius 2 is 0.618 bits per heavy atom. The summed E-state index contributed by atoms with van der Waals surface area (Å²) in [4.78, 5) is 15.6. The van der Waals surface area contributed by atoms with Gasteiger partial charge in [0.2, 0.25) is 0 Å². The smallest absolute Gasteiger partial charge is 0.164 e. The maximum Gasteiger partial charge on any atom is 0.164 e. The van der Waals surface area contributed by atoms with E-state index in [2.05, 4.69) is 209 Å². The van der Waals surface area contributed by atoms with Crippen molar-refractivity contribution in [1.29, 1.82) is 0 Å². The quantitative estimate of drug-likeness (QED) is 0.156. The molecule has 316 valence electrons. The second-order valence-corrected chi connectivity index (χ2v) is 17.6. The number of nitrogens with zero attached hydrogens (tertiary/aromatic N) is 5. The average molecular weight is 866 g/mol. The van der Waals surface area contributed by atoms with E-state index in [1.165, 1.54) is 70.6 Å². The molecule has 11 aromatic carbocycles. The van der Waals surface area contributed by atoms with E-state index in [0.29, 0.717) is 17.5 Å². The summed E-state index contributed by atoms with van der Waals surface area (Å²) < 4.78 is 4.84. The molecule has 3 aromatic heterocycles. The second kappa shape index (κ2) is 15.2. The monoisotopic (exact) mass is 865 g/mol. The Morgan fingerprint density at radius 3 is 1.18 bits per heavy atom. The minimum atomic E-state index is 0.616. The largest absolute Gasteiger partial charge is 0.309 e. The van der Waals surface area contributed by atoms with Gasteiger partial charge in [0.15, 0.2) is 17.5 Å². The van der Waals surface area contributed by atoms with E-state index in [9.17, 15) is 0 Å². The van der Waals surface area contributed by atoms with Gasteiger partial charge in [0, 0.05) is 49.3 Å². The van der Waals surface area contributed by atoms with Gasteiger partial charge in [0.05, 0.1) is 27.8 Å². The third-order valence-corrected chi connectivity index (χ3v) is 13.7. The SMILES string of the molecule is c1ccc(-c2nc(-c3ccccc3)nc(-c3cc(-n4c5ccccc5c5cc(-c6ccc7c(c6)c6ccccc6n7-c6ccccc6)ccc54)c4c5ccccc5c5ccccc5c4c3)n2)cc1. The molecule has 0 amide bonds. The van der Waals surface area contributed by atoms with Crippen LogP contribution in [-0.2, 0) is 0 Å². The van der Waals surface area contributed by atoms with Crippen molar-refractivity contribution in [2.24, 2.45) is 0 Å². The van der Waals surface area contributed by atoms with Crippen molar-refractivity contribution in [3.8, 4) is 56.7 Å². The molecule has 14 aromatic rings. The van der Waals surface area contributed by atoms with Crippen LogP contribution in [0.1, 0.15) is 0 Å². The van der Waals surface area contributed by atoms with E-state index in [-0.39, 0.29) is 0 Å². The van der Waals surface area contributed by atoms with Crippen LogP contribution in [0, 0.1) is 0 Å². The lowest BCUT2D eigenvalue weighted by Crippen LogP contribution is -2.02. The molecule has 0 saturated heterocycles. The van der Waals surface area contributed by atoms with Crippen LogP contribution in [0.2, 0.25) is 0 Å². The van der Waals surface area contributed by atoms with E-state index in [0.717, 1.165) is 44.5 Å². The number of hydrogen-bond acceptors (Lipinski definition) is 3. The van der Waals surface area contributed by atoms with Gasteiger partial charge >= 0.3 is 0 Å². The van der Waals surface area contributed by atoms with Crippen LogP contribution in [0.5, 0.6) is 0 Å². The summed E-state index contributed by atoms with van der Waals surface area (Å²) in [5.41, 5.74) is 12.0. The first-order valence-corrected chi connectivity index (χ1v) is 23.1. The third-order valence-electron chi connectivity index (χ3n) is 13.7. The summed E-state index contributed by atoms with van der Waals surface area (Å²) in [6.07, 6.45) is 0. The van der Waals surface area contributed by atoms with Crippen LogP contribution < -0.4 is 0 Å². The number of rotatable bonds is 6. The molecule has 0 spiro atoms. The average Bonchev–Trinajstić information content (AvgIpc) is 3.93. The molecule has 0 aliphatic rings. The summed E-state index contributed by atoms with van der Waals surface area (Å²) in [5, 5.41) is 12.0. The molecule has 68 heavy (non-hydrogen) atoms. The summed E-state index contributed by atoms with van der Waals surface area (Å²) in [5.74, 6) is 1.88. The van der Waals surface area contributed by atoms with Gasteiger partial charge in [-0.25, -0.2) is 15.0 Å². The van der Waals surface area contributed by atoms with Crippen molar-refractivity contribution in [2.75, 3.05) is 0 Å². The highest BCUT2D eigenvalue weighted by atomic mass is 15.0. The van der Waals surface area contributed by atoms with Gasteiger partial charge in [-0.1, -0.05) is 176 Å². The minimum absolute atomic E-state index is 0.616. The second-order valence-electron chi connectivity index (χ2n) is 17.6. The predicted octanol–water partition coefficient (Wildman–Crippen LogP) is 16.2. The van der Waals surface area contributed by atoms with Crippen molar-refractivity contribution in [1.82, 2.24) is 24.1 Å². The molecule has 0 fully saturated rings. The van der Waals surface area contributed by atoms with Gasteiger partial charge < -0.3 is 9.13 Å². The standard InChI is InChI=1S/C63H39N5/c1-4-18-40(19-5-1)61-64-62(41-20-6-2-7-21-41)66-63(65-61)44-38-54-48-26-11-10-24-46(48)47-25-12-13-29-51(47)60(54)59(39-44)68-56-31-17-15-28-50(56)53-37-43(33-35-58(53)68)42-32-34-57-52(36-42)49-27-14-16-30-55(49)67(57)45-22-8-3-9-23-45/h1-39H. The number of benzene rings is 11. The van der Waals surface area contributed by atoms with Crippen LogP contribution in [0.4, 0.5) is 0 Å². The summed E-state index contributed by atoms with van der Waals surface area (Å²) in [6, 6.07) is 84.7. The zero-order chi connectivity index (χ0) is 44.7. The molecule has 0 saturated carbocycles. The van der Waals surface area contributed by atoms with Gasteiger partial charge in [-0.05, 0) is 98.7 Å². The van der Waals surface area contributed by atoms with Gasteiger partial charge in [-0.15, -0.1) is 0 Å². The molecule has 3 heterocycles. The molecule has 0 atom stereocenters. The highest BCUT2D eigenvalue weighted by molar-refractivity contribution is 6.28. The van der Waals surface area contributed by atoms with Crippen LogP contribution in [-0.4, -0.2) is 24.1 Å². The molecular weight excluding hydrogens is 827 g/mol. The minimum Gasteiger partial charge on any atom is -0.309 e. The summed E-state index contributed by atoms with van der Waals surface area (Å²) >= 11 is 0.